The van der Waals surface area contributed by atoms with Crippen molar-refractivity contribution in [3.63, 3.8) is 0 Å². The van der Waals surface area contributed by atoms with Crippen LogP contribution < -0.4 is 0 Å². The Bertz CT molecular complexity index is 303. The predicted molar refractivity (Wildman–Crippen MR) is 89.7 cm³/mol. The van der Waals surface area contributed by atoms with Gasteiger partial charge in [-0.05, 0) is 60.2 Å². The molecule has 2 aliphatic rings. The third-order valence-corrected chi connectivity index (χ3v) is 7.08. The zero-order valence-corrected chi connectivity index (χ0v) is 14.9. The summed E-state index contributed by atoms with van der Waals surface area (Å²) in [6.45, 7) is 15.0. The maximum Gasteiger partial charge on any atom is -0.0320 e. The van der Waals surface area contributed by atoms with E-state index < -0.39 is 0 Å². The maximum atomic E-state index is 2.58. The van der Waals surface area contributed by atoms with Gasteiger partial charge in [-0.25, -0.2) is 0 Å². The van der Waals surface area contributed by atoms with Gasteiger partial charge in [0.05, 0.1) is 0 Å². The van der Waals surface area contributed by atoms with Gasteiger partial charge in [-0.1, -0.05) is 67.2 Å². The van der Waals surface area contributed by atoms with Crippen LogP contribution in [0.1, 0.15) is 86.5 Å². The molecule has 0 saturated heterocycles. The van der Waals surface area contributed by atoms with E-state index in [1.165, 1.54) is 44.9 Å². The lowest BCUT2D eigenvalue weighted by atomic mass is 9.52. The second-order valence-corrected chi connectivity index (χ2v) is 9.09. The molecule has 0 nitrogen and oxygen atoms in total. The van der Waals surface area contributed by atoms with Crippen molar-refractivity contribution < 1.29 is 0 Å². The van der Waals surface area contributed by atoms with Crippen LogP contribution in [-0.2, 0) is 0 Å². The Morgan fingerprint density at radius 3 is 2.30 bits per heavy atom. The molecule has 2 saturated carbocycles. The van der Waals surface area contributed by atoms with Gasteiger partial charge in [0.1, 0.15) is 0 Å². The van der Waals surface area contributed by atoms with E-state index in [1.807, 2.05) is 0 Å². The number of hydrogen-bond acceptors (Lipinski definition) is 0. The molecule has 0 amide bonds. The molecule has 0 N–H and O–H groups in total. The molecular formula is C20H38. The van der Waals surface area contributed by atoms with Crippen LogP contribution in [0.25, 0.3) is 0 Å². The van der Waals surface area contributed by atoms with Gasteiger partial charge in [0, 0.05) is 0 Å². The van der Waals surface area contributed by atoms with E-state index in [0.717, 1.165) is 35.5 Å². The minimum absolute atomic E-state index is 0.577. The van der Waals surface area contributed by atoms with Crippen molar-refractivity contribution in [3.8, 4) is 0 Å². The first-order chi connectivity index (χ1) is 9.35. The lowest BCUT2D eigenvalue weighted by Gasteiger charge is -2.53. The SMILES string of the molecule is CCC(C)CC1C(C)CC1C(C)(C)CC1CCCC1C. The van der Waals surface area contributed by atoms with Gasteiger partial charge < -0.3 is 0 Å². The smallest absolute Gasteiger partial charge is 0.0320 e. The lowest BCUT2D eigenvalue weighted by Crippen LogP contribution is -2.45. The van der Waals surface area contributed by atoms with Gasteiger partial charge in [-0.2, -0.15) is 0 Å². The molecule has 0 heterocycles. The van der Waals surface area contributed by atoms with Crippen molar-refractivity contribution in [3.05, 3.63) is 0 Å². The summed E-state index contributed by atoms with van der Waals surface area (Å²) >= 11 is 0. The molecule has 2 fully saturated rings. The highest BCUT2D eigenvalue weighted by molar-refractivity contribution is 4.96. The summed E-state index contributed by atoms with van der Waals surface area (Å²) in [5.41, 5.74) is 0.577. The second-order valence-electron chi connectivity index (χ2n) is 9.09. The molecule has 0 aliphatic heterocycles. The van der Waals surface area contributed by atoms with Crippen LogP contribution >= 0.6 is 0 Å². The molecule has 2 aliphatic carbocycles. The van der Waals surface area contributed by atoms with E-state index in [1.54, 1.807) is 0 Å². The van der Waals surface area contributed by atoms with Crippen molar-refractivity contribution in [1.29, 1.82) is 0 Å². The second kappa shape index (κ2) is 6.41. The Kier molecular flexibility index (Phi) is 5.24. The van der Waals surface area contributed by atoms with Crippen LogP contribution in [0.4, 0.5) is 0 Å². The highest BCUT2D eigenvalue weighted by Crippen LogP contribution is 2.56. The van der Waals surface area contributed by atoms with Gasteiger partial charge in [0.15, 0.2) is 0 Å². The third-order valence-electron chi connectivity index (χ3n) is 7.08. The first kappa shape index (κ1) is 16.4. The zero-order valence-electron chi connectivity index (χ0n) is 14.9. The summed E-state index contributed by atoms with van der Waals surface area (Å²) in [6.07, 6.45) is 10.3. The van der Waals surface area contributed by atoms with Crippen molar-refractivity contribution in [2.24, 2.45) is 40.9 Å². The van der Waals surface area contributed by atoms with Crippen molar-refractivity contribution >= 4 is 0 Å². The van der Waals surface area contributed by atoms with Gasteiger partial charge in [-0.3, -0.25) is 0 Å². The lowest BCUT2D eigenvalue weighted by molar-refractivity contribution is -0.0384. The highest BCUT2D eigenvalue weighted by Gasteiger charge is 2.47. The Balaban J connectivity index is 1.94. The van der Waals surface area contributed by atoms with Crippen molar-refractivity contribution in [2.75, 3.05) is 0 Å². The Morgan fingerprint density at radius 2 is 1.80 bits per heavy atom. The summed E-state index contributed by atoms with van der Waals surface area (Å²) in [6, 6.07) is 0. The van der Waals surface area contributed by atoms with E-state index in [4.69, 9.17) is 0 Å². The van der Waals surface area contributed by atoms with E-state index in [-0.39, 0.29) is 0 Å². The molecule has 0 aromatic rings. The largest absolute Gasteiger partial charge is 0.0651 e. The van der Waals surface area contributed by atoms with Gasteiger partial charge >= 0.3 is 0 Å². The van der Waals surface area contributed by atoms with Crippen LogP contribution in [0.2, 0.25) is 0 Å². The molecular weight excluding hydrogens is 240 g/mol. The predicted octanol–water partition coefficient (Wildman–Crippen LogP) is 6.55. The molecule has 118 valence electrons. The van der Waals surface area contributed by atoms with Crippen LogP contribution in [0.5, 0.6) is 0 Å². The first-order valence-electron chi connectivity index (χ1n) is 9.35. The van der Waals surface area contributed by atoms with E-state index in [9.17, 15) is 0 Å². The Morgan fingerprint density at radius 1 is 1.10 bits per heavy atom. The fourth-order valence-electron chi connectivity index (χ4n) is 5.23. The maximum absolute atomic E-state index is 2.58. The monoisotopic (exact) mass is 278 g/mol. The van der Waals surface area contributed by atoms with Crippen LogP contribution in [-0.4, -0.2) is 0 Å². The van der Waals surface area contributed by atoms with Crippen LogP contribution in [0, 0.1) is 40.9 Å². The van der Waals surface area contributed by atoms with Gasteiger partial charge in [0.25, 0.3) is 0 Å². The van der Waals surface area contributed by atoms with E-state index in [0.29, 0.717) is 5.41 Å². The van der Waals surface area contributed by atoms with Crippen LogP contribution in [0.15, 0.2) is 0 Å². The van der Waals surface area contributed by atoms with E-state index >= 15 is 0 Å². The molecule has 2 rings (SSSR count). The molecule has 0 radical (unpaired) electrons. The minimum Gasteiger partial charge on any atom is -0.0651 e. The highest BCUT2D eigenvalue weighted by atomic mass is 14.5. The average Bonchev–Trinajstić information content (AvgIpc) is 2.77. The summed E-state index contributed by atoms with van der Waals surface area (Å²) in [5.74, 6) is 5.92. The average molecular weight is 279 g/mol. The number of hydrogen-bond donors (Lipinski definition) is 0. The molecule has 6 atom stereocenters. The zero-order chi connectivity index (χ0) is 14.9. The number of rotatable bonds is 6. The quantitative estimate of drug-likeness (QED) is 0.517. The summed E-state index contributed by atoms with van der Waals surface area (Å²) in [4.78, 5) is 0. The molecule has 0 aromatic carbocycles. The minimum atomic E-state index is 0.577. The third kappa shape index (κ3) is 3.42. The fraction of sp³-hybridized carbons (Fsp3) is 1.00. The normalized spacial score (nSPS) is 39.6. The summed E-state index contributed by atoms with van der Waals surface area (Å²) in [5, 5.41) is 0. The molecule has 6 unspecified atom stereocenters. The standard InChI is InChI=1S/C20H38/c1-7-14(2)11-18-16(4)12-19(18)20(5,6)13-17-10-8-9-15(17)3/h14-19H,7-13H2,1-6H3. The van der Waals surface area contributed by atoms with Gasteiger partial charge in [-0.15, -0.1) is 0 Å². The fourth-order valence-corrected chi connectivity index (χ4v) is 5.23. The summed E-state index contributed by atoms with van der Waals surface area (Å²) in [7, 11) is 0. The molecule has 20 heavy (non-hydrogen) atoms. The first-order valence-corrected chi connectivity index (χ1v) is 9.35. The van der Waals surface area contributed by atoms with E-state index in [2.05, 4.69) is 41.5 Å². The van der Waals surface area contributed by atoms with Gasteiger partial charge in [0.2, 0.25) is 0 Å². The Hall–Kier alpha value is 0. The van der Waals surface area contributed by atoms with Crippen molar-refractivity contribution in [1.82, 2.24) is 0 Å². The van der Waals surface area contributed by atoms with Crippen molar-refractivity contribution in [2.45, 2.75) is 86.5 Å². The Labute approximate surface area is 128 Å². The van der Waals surface area contributed by atoms with Crippen LogP contribution in [0.3, 0.4) is 0 Å². The molecule has 0 heteroatoms. The molecule has 0 spiro atoms. The molecule has 0 bridgehead atoms. The topological polar surface area (TPSA) is 0 Å². The molecule has 0 aromatic heterocycles. The summed E-state index contributed by atoms with van der Waals surface area (Å²) < 4.78 is 0.